The number of rotatable bonds is 3. The van der Waals surface area contributed by atoms with E-state index in [2.05, 4.69) is 9.71 Å². The molecule has 5 nitrogen and oxygen atoms in total. The van der Waals surface area contributed by atoms with Crippen LogP contribution in [0.4, 0.5) is 14.5 Å². The molecule has 21 heavy (non-hydrogen) atoms. The predicted octanol–water partition coefficient (Wildman–Crippen LogP) is 2.69. The monoisotopic (exact) mass is 329 g/mol. The number of nitriles is 1. The molecule has 0 aliphatic heterocycles. The Hall–Kier alpha value is -2.24. The molecule has 0 aliphatic rings. The van der Waals surface area contributed by atoms with E-state index < -0.39 is 26.6 Å². The third-order valence-corrected chi connectivity index (χ3v) is 4.01. The minimum Gasteiger partial charge on any atom is -0.277 e. The van der Waals surface area contributed by atoms with Crippen molar-refractivity contribution >= 4 is 27.3 Å². The zero-order chi connectivity index (χ0) is 15.6. The van der Waals surface area contributed by atoms with E-state index in [1.165, 1.54) is 6.07 Å². The van der Waals surface area contributed by atoms with Crippen molar-refractivity contribution < 1.29 is 17.2 Å². The highest BCUT2D eigenvalue weighted by Crippen LogP contribution is 2.22. The van der Waals surface area contributed by atoms with Crippen molar-refractivity contribution in [2.75, 3.05) is 4.72 Å². The highest BCUT2D eigenvalue weighted by atomic mass is 35.5. The van der Waals surface area contributed by atoms with Crippen molar-refractivity contribution in [2.24, 2.45) is 0 Å². The topological polar surface area (TPSA) is 82.8 Å². The van der Waals surface area contributed by atoms with Crippen molar-refractivity contribution in [1.82, 2.24) is 4.98 Å². The Bertz CT molecular complexity index is 850. The number of halogens is 3. The summed E-state index contributed by atoms with van der Waals surface area (Å²) < 4.78 is 52.1. The average Bonchev–Trinajstić information content (AvgIpc) is 2.43. The van der Waals surface area contributed by atoms with Crippen molar-refractivity contribution in [3.63, 3.8) is 0 Å². The number of sulfonamides is 1. The minimum absolute atomic E-state index is 0.0160. The van der Waals surface area contributed by atoms with Crippen LogP contribution in [0.5, 0.6) is 0 Å². The fraction of sp³-hybridized carbons (Fsp3) is 0. The van der Waals surface area contributed by atoms with E-state index in [1.807, 2.05) is 0 Å². The zero-order valence-electron chi connectivity index (χ0n) is 10.1. The predicted molar refractivity (Wildman–Crippen MR) is 71.1 cm³/mol. The average molecular weight is 330 g/mol. The van der Waals surface area contributed by atoms with E-state index in [0.717, 1.165) is 12.3 Å². The maximum Gasteiger partial charge on any atom is 0.262 e. The van der Waals surface area contributed by atoms with Crippen LogP contribution in [0.25, 0.3) is 0 Å². The molecule has 1 aromatic carbocycles. The molecule has 2 aromatic rings. The molecule has 0 bridgehead atoms. The Morgan fingerprint density at radius 3 is 2.57 bits per heavy atom. The molecule has 0 aliphatic carbocycles. The molecule has 0 saturated heterocycles. The maximum absolute atomic E-state index is 13.1. The smallest absolute Gasteiger partial charge is 0.262 e. The molecule has 9 heteroatoms. The second-order valence-electron chi connectivity index (χ2n) is 3.85. The molecule has 0 atom stereocenters. The molecule has 0 unspecified atom stereocenters. The Kier molecular flexibility index (Phi) is 4.06. The largest absolute Gasteiger partial charge is 0.277 e. The van der Waals surface area contributed by atoms with Crippen LogP contribution < -0.4 is 4.72 Å². The lowest BCUT2D eigenvalue weighted by Crippen LogP contribution is -2.14. The lowest BCUT2D eigenvalue weighted by Gasteiger charge is -2.09. The van der Waals surface area contributed by atoms with E-state index >= 15 is 0 Å². The SMILES string of the molecule is N#Cc1cc(Cl)ncc1NS(=O)(=O)c1ccc(F)c(F)c1. The lowest BCUT2D eigenvalue weighted by molar-refractivity contribution is 0.504. The van der Waals surface area contributed by atoms with Gasteiger partial charge in [0.05, 0.1) is 22.3 Å². The summed E-state index contributed by atoms with van der Waals surface area (Å²) in [6.45, 7) is 0. The first kappa shape index (κ1) is 15.2. The first-order valence-electron chi connectivity index (χ1n) is 5.37. The number of nitrogens with one attached hydrogen (secondary N) is 1. The number of aromatic nitrogens is 1. The fourth-order valence-corrected chi connectivity index (χ4v) is 2.69. The van der Waals surface area contributed by atoms with Gasteiger partial charge in [0.15, 0.2) is 11.6 Å². The molecule has 0 spiro atoms. The third kappa shape index (κ3) is 3.26. The number of anilines is 1. The molecule has 0 radical (unpaired) electrons. The molecule has 108 valence electrons. The Morgan fingerprint density at radius 2 is 1.95 bits per heavy atom. The summed E-state index contributed by atoms with van der Waals surface area (Å²) >= 11 is 5.59. The molecular weight excluding hydrogens is 324 g/mol. The third-order valence-electron chi connectivity index (χ3n) is 2.44. The van der Waals surface area contributed by atoms with Crippen molar-refractivity contribution in [3.8, 4) is 6.07 Å². The number of hydrogen-bond acceptors (Lipinski definition) is 4. The molecule has 0 amide bonds. The summed E-state index contributed by atoms with van der Waals surface area (Å²) in [6.07, 6.45) is 1.05. The molecule has 0 saturated carbocycles. The van der Waals surface area contributed by atoms with E-state index in [-0.39, 0.29) is 16.4 Å². The van der Waals surface area contributed by atoms with Crippen LogP contribution in [0.15, 0.2) is 35.4 Å². The Morgan fingerprint density at radius 1 is 1.24 bits per heavy atom. The van der Waals surface area contributed by atoms with Gasteiger partial charge in [0.1, 0.15) is 11.2 Å². The molecular formula is C12H6ClF2N3O2S. The van der Waals surface area contributed by atoms with Gasteiger partial charge >= 0.3 is 0 Å². The molecule has 2 rings (SSSR count). The Labute approximate surface area is 123 Å². The second kappa shape index (κ2) is 5.63. The summed E-state index contributed by atoms with van der Waals surface area (Å²) in [6, 6.07) is 5.04. The van der Waals surface area contributed by atoms with Gasteiger partial charge in [-0.1, -0.05) is 11.6 Å². The molecule has 1 N–H and O–H groups in total. The van der Waals surface area contributed by atoms with Crippen LogP contribution in [0.2, 0.25) is 5.15 Å². The van der Waals surface area contributed by atoms with Crippen LogP contribution in [0, 0.1) is 23.0 Å². The quantitative estimate of drug-likeness (QED) is 0.878. The highest BCUT2D eigenvalue weighted by Gasteiger charge is 2.18. The fourth-order valence-electron chi connectivity index (χ4n) is 1.45. The van der Waals surface area contributed by atoms with E-state index in [9.17, 15) is 17.2 Å². The lowest BCUT2D eigenvalue weighted by atomic mass is 10.2. The number of pyridine rings is 1. The van der Waals surface area contributed by atoms with Gasteiger partial charge in [-0.2, -0.15) is 5.26 Å². The normalized spacial score (nSPS) is 11.0. The van der Waals surface area contributed by atoms with E-state index in [1.54, 1.807) is 6.07 Å². The second-order valence-corrected chi connectivity index (χ2v) is 5.92. The number of benzene rings is 1. The van der Waals surface area contributed by atoms with Gasteiger partial charge in [-0.25, -0.2) is 22.2 Å². The van der Waals surface area contributed by atoms with Gasteiger partial charge in [0.25, 0.3) is 10.0 Å². The highest BCUT2D eigenvalue weighted by molar-refractivity contribution is 7.92. The van der Waals surface area contributed by atoms with Crippen LogP contribution in [-0.4, -0.2) is 13.4 Å². The first-order valence-corrected chi connectivity index (χ1v) is 7.23. The van der Waals surface area contributed by atoms with Gasteiger partial charge in [0.2, 0.25) is 0 Å². The van der Waals surface area contributed by atoms with Crippen LogP contribution >= 0.6 is 11.6 Å². The summed E-state index contributed by atoms with van der Waals surface area (Å²) in [7, 11) is -4.19. The van der Waals surface area contributed by atoms with Crippen molar-refractivity contribution in [1.29, 1.82) is 5.26 Å². The van der Waals surface area contributed by atoms with Gasteiger partial charge < -0.3 is 0 Å². The molecule has 0 fully saturated rings. The van der Waals surface area contributed by atoms with Crippen LogP contribution in [0.1, 0.15) is 5.56 Å². The summed E-state index contributed by atoms with van der Waals surface area (Å²) in [4.78, 5) is 3.16. The van der Waals surface area contributed by atoms with Crippen LogP contribution in [0.3, 0.4) is 0 Å². The number of nitrogens with zero attached hydrogens (tertiary/aromatic N) is 2. The first-order chi connectivity index (χ1) is 9.83. The summed E-state index contributed by atoms with van der Waals surface area (Å²) in [5.41, 5.74) is -0.173. The summed E-state index contributed by atoms with van der Waals surface area (Å²) in [5.74, 6) is -2.47. The minimum atomic E-state index is -4.19. The molecule has 1 aromatic heterocycles. The van der Waals surface area contributed by atoms with Gasteiger partial charge in [0, 0.05) is 0 Å². The standard InChI is InChI=1S/C12H6ClF2N3O2S/c13-12-3-7(5-16)11(6-17-12)18-21(19,20)8-1-2-9(14)10(15)4-8/h1-4,6,18H. The Balaban J connectivity index is 2.42. The van der Waals surface area contributed by atoms with Crippen LogP contribution in [-0.2, 0) is 10.0 Å². The van der Waals surface area contributed by atoms with Gasteiger partial charge in [-0.3, -0.25) is 4.72 Å². The maximum atomic E-state index is 13.1. The van der Waals surface area contributed by atoms with Gasteiger partial charge in [-0.05, 0) is 24.3 Å². The van der Waals surface area contributed by atoms with E-state index in [4.69, 9.17) is 16.9 Å². The van der Waals surface area contributed by atoms with E-state index in [0.29, 0.717) is 12.1 Å². The van der Waals surface area contributed by atoms with Crippen molar-refractivity contribution in [2.45, 2.75) is 4.90 Å². The molecule has 1 heterocycles. The van der Waals surface area contributed by atoms with Gasteiger partial charge in [-0.15, -0.1) is 0 Å². The zero-order valence-corrected chi connectivity index (χ0v) is 11.7. The summed E-state index contributed by atoms with van der Waals surface area (Å²) in [5, 5.41) is 8.93. The number of hydrogen-bond donors (Lipinski definition) is 1. The van der Waals surface area contributed by atoms with Crippen molar-refractivity contribution in [3.05, 3.63) is 52.8 Å².